The minimum absolute atomic E-state index is 0.103. The van der Waals surface area contributed by atoms with Crippen molar-refractivity contribution in [2.75, 3.05) is 18.9 Å². The lowest BCUT2D eigenvalue weighted by atomic mass is 10.2. The van der Waals surface area contributed by atoms with Crippen molar-refractivity contribution in [1.82, 2.24) is 20.4 Å². The van der Waals surface area contributed by atoms with Gasteiger partial charge in [0.2, 0.25) is 10.9 Å². The first-order valence-corrected chi connectivity index (χ1v) is 10.7. The molecule has 11 heteroatoms. The van der Waals surface area contributed by atoms with Crippen molar-refractivity contribution in [2.45, 2.75) is 13.1 Å². The number of nitrogens with one attached hydrogen (secondary N) is 2. The van der Waals surface area contributed by atoms with Crippen LogP contribution in [0.5, 0.6) is 0 Å². The number of aromatic nitrogens is 2. The van der Waals surface area contributed by atoms with Gasteiger partial charge in [0, 0.05) is 12.2 Å². The van der Waals surface area contributed by atoms with E-state index < -0.39 is 0 Å². The maximum absolute atomic E-state index is 12.9. The molecule has 1 heterocycles. The van der Waals surface area contributed by atoms with Gasteiger partial charge in [-0.25, -0.2) is 4.39 Å². The smallest absolute Gasteiger partial charge is 0.282 e. The largest absolute Gasteiger partial charge is 0.346 e. The van der Waals surface area contributed by atoms with E-state index in [0.29, 0.717) is 27.3 Å². The van der Waals surface area contributed by atoms with Crippen LogP contribution in [0.4, 0.5) is 10.1 Å². The molecule has 0 aliphatic heterocycles. The molecule has 162 valence electrons. The van der Waals surface area contributed by atoms with Crippen molar-refractivity contribution in [3.63, 3.8) is 0 Å². The predicted molar refractivity (Wildman–Crippen MR) is 119 cm³/mol. The number of amides is 2. The number of carbonyl (C=O) groups is 2. The topological polar surface area (TPSA) is 87.2 Å². The van der Waals surface area contributed by atoms with Crippen LogP contribution in [0.3, 0.4) is 0 Å². The molecule has 1 aromatic heterocycles. The molecule has 2 amide bonds. The van der Waals surface area contributed by atoms with Gasteiger partial charge in [0.15, 0.2) is 0 Å². The summed E-state index contributed by atoms with van der Waals surface area (Å²) in [7, 11) is 1.75. The molecule has 0 unspecified atom stereocenters. The summed E-state index contributed by atoms with van der Waals surface area (Å²) in [4.78, 5) is 26.2. The highest BCUT2D eigenvalue weighted by atomic mass is 35.5. The first-order valence-electron chi connectivity index (χ1n) is 9.08. The van der Waals surface area contributed by atoms with E-state index in [9.17, 15) is 14.0 Å². The zero-order valence-electron chi connectivity index (χ0n) is 16.4. The summed E-state index contributed by atoms with van der Waals surface area (Å²) < 4.78 is 12.9. The molecule has 0 aliphatic carbocycles. The minimum Gasteiger partial charge on any atom is -0.346 e. The molecule has 2 aromatic carbocycles. The fourth-order valence-corrected chi connectivity index (χ4v) is 3.71. The number of hydrogen-bond donors (Lipinski definition) is 2. The highest BCUT2D eigenvalue weighted by Crippen LogP contribution is 2.25. The Balaban J connectivity index is 1.47. The van der Waals surface area contributed by atoms with E-state index >= 15 is 0 Å². The fraction of sp³-hybridized carbons (Fsp3) is 0.200. The minimum atomic E-state index is -0.368. The Bertz CT molecular complexity index is 1080. The molecule has 0 fully saturated rings. The van der Waals surface area contributed by atoms with Crippen molar-refractivity contribution in [1.29, 1.82) is 0 Å². The van der Waals surface area contributed by atoms with Crippen molar-refractivity contribution < 1.29 is 14.0 Å². The Kier molecular flexibility index (Phi) is 7.91. The van der Waals surface area contributed by atoms with Gasteiger partial charge in [-0.1, -0.05) is 46.7 Å². The highest BCUT2D eigenvalue weighted by Gasteiger charge is 2.15. The van der Waals surface area contributed by atoms with E-state index in [0.717, 1.165) is 16.9 Å². The molecule has 31 heavy (non-hydrogen) atoms. The zero-order valence-corrected chi connectivity index (χ0v) is 18.7. The quantitative estimate of drug-likeness (QED) is 0.507. The Morgan fingerprint density at radius 3 is 2.55 bits per heavy atom. The summed E-state index contributed by atoms with van der Waals surface area (Å²) in [6, 6.07) is 10.7. The molecule has 0 radical (unpaired) electrons. The van der Waals surface area contributed by atoms with Gasteiger partial charge in [-0.3, -0.25) is 14.5 Å². The molecule has 2 N–H and O–H groups in total. The Hall–Kier alpha value is -2.59. The molecular formula is C20H18Cl2FN5O2S. The van der Waals surface area contributed by atoms with Gasteiger partial charge in [0.25, 0.3) is 5.91 Å². The third-order valence-electron chi connectivity index (χ3n) is 4.05. The maximum atomic E-state index is 12.9. The third-order valence-corrected chi connectivity index (χ3v) is 5.70. The maximum Gasteiger partial charge on any atom is 0.282 e. The molecular weight excluding hydrogens is 464 g/mol. The lowest BCUT2D eigenvalue weighted by molar-refractivity contribution is -0.117. The molecule has 0 saturated carbocycles. The summed E-state index contributed by atoms with van der Waals surface area (Å²) in [5.74, 6) is -0.936. The average Bonchev–Trinajstić information content (AvgIpc) is 3.18. The number of benzene rings is 2. The van der Waals surface area contributed by atoms with Crippen LogP contribution >= 0.6 is 34.5 Å². The van der Waals surface area contributed by atoms with E-state index in [-0.39, 0.29) is 35.7 Å². The molecule has 0 atom stereocenters. The number of likely N-dealkylation sites (N-methyl/N-ethyl adjacent to an activating group) is 1. The van der Waals surface area contributed by atoms with Gasteiger partial charge in [-0.2, -0.15) is 0 Å². The number of anilines is 1. The lowest BCUT2D eigenvalue weighted by Gasteiger charge is -2.14. The first-order chi connectivity index (χ1) is 14.8. The molecule has 0 bridgehead atoms. The number of nitrogens with zero attached hydrogens (tertiary/aromatic N) is 3. The van der Waals surface area contributed by atoms with E-state index in [1.54, 1.807) is 42.3 Å². The van der Waals surface area contributed by atoms with E-state index in [4.69, 9.17) is 23.2 Å². The summed E-state index contributed by atoms with van der Waals surface area (Å²) >= 11 is 13.0. The summed E-state index contributed by atoms with van der Waals surface area (Å²) in [5, 5.41) is 14.9. The van der Waals surface area contributed by atoms with E-state index in [1.165, 1.54) is 12.1 Å². The number of rotatable bonds is 8. The van der Waals surface area contributed by atoms with Crippen molar-refractivity contribution in [3.8, 4) is 0 Å². The Morgan fingerprint density at radius 2 is 1.84 bits per heavy atom. The number of carbonyl (C=O) groups excluding carboxylic acids is 2. The van der Waals surface area contributed by atoms with Gasteiger partial charge in [0.05, 0.1) is 23.1 Å². The average molecular weight is 482 g/mol. The van der Waals surface area contributed by atoms with Crippen LogP contribution in [0.25, 0.3) is 0 Å². The monoisotopic (exact) mass is 481 g/mol. The zero-order chi connectivity index (χ0) is 22.4. The van der Waals surface area contributed by atoms with Crippen LogP contribution in [0.2, 0.25) is 10.0 Å². The van der Waals surface area contributed by atoms with Crippen LogP contribution in [0, 0.1) is 5.82 Å². The third kappa shape index (κ3) is 6.96. The molecule has 0 saturated heterocycles. The molecule has 7 nitrogen and oxygen atoms in total. The van der Waals surface area contributed by atoms with Gasteiger partial charge in [-0.05, 0) is 42.9 Å². The second-order valence-electron chi connectivity index (χ2n) is 6.66. The number of hydrogen-bond acceptors (Lipinski definition) is 6. The van der Waals surface area contributed by atoms with Gasteiger partial charge >= 0.3 is 0 Å². The van der Waals surface area contributed by atoms with Crippen molar-refractivity contribution >= 4 is 52.0 Å². The summed E-state index contributed by atoms with van der Waals surface area (Å²) in [6.45, 7) is 0.701. The summed E-state index contributed by atoms with van der Waals surface area (Å²) in [5.41, 5.74) is 1.32. The second kappa shape index (κ2) is 10.6. The highest BCUT2D eigenvalue weighted by molar-refractivity contribution is 7.13. The van der Waals surface area contributed by atoms with Crippen LogP contribution in [-0.2, 0) is 17.9 Å². The van der Waals surface area contributed by atoms with Crippen LogP contribution in [-0.4, -0.2) is 40.5 Å². The van der Waals surface area contributed by atoms with Crippen LogP contribution < -0.4 is 10.6 Å². The molecule has 0 aliphatic rings. The fourth-order valence-electron chi connectivity index (χ4n) is 2.58. The van der Waals surface area contributed by atoms with Crippen molar-refractivity contribution in [2.24, 2.45) is 0 Å². The molecule has 3 rings (SSSR count). The van der Waals surface area contributed by atoms with Gasteiger partial charge in [0.1, 0.15) is 10.8 Å². The predicted octanol–water partition coefficient (Wildman–Crippen LogP) is 3.98. The van der Waals surface area contributed by atoms with Crippen LogP contribution in [0.1, 0.15) is 20.4 Å². The summed E-state index contributed by atoms with van der Waals surface area (Å²) in [6.07, 6.45) is 0. The molecule has 0 spiro atoms. The number of halogens is 3. The second-order valence-corrected chi connectivity index (χ2v) is 8.54. The van der Waals surface area contributed by atoms with E-state index in [2.05, 4.69) is 20.8 Å². The van der Waals surface area contributed by atoms with Gasteiger partial charge in [-0.15, -0.1) is 10.2 Å². The Morgan fingerprint density at radius 1 is 1.10 bits per heavy atom. The van der Waals surface area contributed by atoms with Crippen molar-refractivity contribution in [3.05, 3.63) is 73.9 Å². The Labute approximate surface area is 192 Å². The first kappa shape index (κ1) is 23.1. The standard InChI is InChI=1S/C20H18Cl2FN5O2S/c1-28(10-17(29)25-14-6-7-15(21)16(22)8-14)11-18-26-27-20(31-18)19(30)24-9-12-2-4-13(23)5-3-12/h2-8H,9-11H2,1H3,(H,24,30)(H,25,29). The lowest BCUT2D eigenvalue weighted by Crippen LogP contribution is -2.29. The van der Waals surface area contributed by atoms with Crippen LogP contribution in [0.15, 0.2) is 42.5 Å². The molecule has 3 aromatic rings. The normalized spacial score (nSPS) is 10.9. The van der Waals surface area contributed by atoms with E-state index in [1.807, 2.05) is 0 Å². The van der Waals surface area contributed by atoms with Gasteiger partial charge < -0.3 is 10.6 Å². The SMILES string of the molecule is CN(CC(=O)Nc1ccc(Cl)c(Cl)c1)Cc1nnc(C(=O)NCc2ccc(F)cc2)s1.